The van der Waals surface area contributed by atoms with Crippen molar-refractivity contribution < 1.29 is 4.79 Å². The second-order valence-corrected chi connectivity index (χ2v) is 7.55. The molecule has 23 heavy (non-hydrogen) atoms. The van der Waals surface area contributed by atoms with Gasteiger partial charge >= 0.3 is 0 Å². The molecular weight excluding hydrogens is 396 g/mol. The Morgan fingerprint density at radius 1 is 0.957 bits per heavy atom. The molecule has 2 aromatic carbocycles. The molecule has 2 rings (SSSR count). The van der Waals surface area contributed by atoms with Crippen molar-refractivity contribution in [3.8, 4) is 0 Å². The lowest BCUT2D eigenvalue weighted by Gasteiger charge is -2.07. The number of halogens is 4. The number of hydrogen-bond donors (Lipinski definition) is 1. The number of carbonyl (C=O) groups is 1. The summed E-state index contributed by atoms with van der Waals surface area (Å²) in [4.78, 5) is 11.9. The van der Waals surface area contributed by atoms with Crippen LogP contribution in [0, 0.1) is 0 Å². The molecule has 2 aromatic rings. The number of hydrogen-bond acceptors (Lipinski definition) is 2. The molecule has 0 aliphatic heterocycles. The van der Waals surface area contributed by atoms with Crippen LogP contribution in [0.25, 0.3) is 0 Å². The molecule has 0 radical (unpaired) electrons. The molecule has 0 spiro atoms. The first kappa shape index (κ1) is 18.8. The minimum Gasteiger partial charge on any atom is -0.326 e. The van der Waals surface area contributed by atoms with E-state index in [1.165, 1.54) is 0 Å². The molecule has 1 amide bonds. The highest BCUT2D eigenvalue weighted by atomic mass is 35.5. The maximum Gasteiger partial charge on any atom is 0.225 e. The van der Waals surface area contributed by atoms with E-state index < -0.39 is 0 Å². The highest BCUT2D eigenvalue weighted by Gasteiger charge is 2.05. The highest BCUT2D eigenvalue weighted by molar-refractivity contribution is 7.98. The van der Waals surface area contributed by atoms with Gasteiger partial charge in [-0.25, -0.2) is 0 Å². The molecule has 0 aliphatic rings. The van der Waals surface area contributed by atoms with E-state index in [-0.39, 0.29) is 5.91 Å². The summed E-state index contributed by atoms with van der Waals surface area (Å²) in [5.41, 5.74) is 1.67. The Kier molecular flexibility index (Phi) is 7.38. The zero-order chi connectivity index (χ0) is 16.8. The zero-order valence-electron chi connectivity index (χ0n) is 11.9. The third-order valence-corrected chi connectivity index (χ3v) is 5.08. The maximum absolute atomic E-state index is 11.9. The van der Waals surface area contributed by atoms with Gasteiger partial charge in [0.1, 0.15) is 0 Å². The number of amides is 1. The van der Waals surface area contributed by atoms with Gasteiger partial charge in [-0.3, -0.25) is 4.79 Å². The summed E-state index contributed by atoms with van der Waals surface area (Å²) in [7, 11) is 0. The zero-order valence-corrected chi connectivity index (χ0v) is 15.8. The van der Waals surface area contributed by atoms with Crippen LogP contribution in [0.5, 0.6) is 0 Å². The molecule has 122 valence electrons. The summed E-state index contributed by atoms with van der Waals surface area (Å²) in [6, 6.07) is 10.5. The normalized spacial score (nSPS) is 10.6. The van der Waals surface area contributed by atoms with Crippen LogP contribution in [-0.4, -0.2) is 11.7 Å². The van der Waals surface area contributed by atoms with Gasteiger partial charge in [-0.1, -0.05) is 52.5 Å². The molecular formula is C16H13Cl4NOS. The summed E-state index contributed by atoms with van der Waals surface area (Å²) < 4.78 is 0. The molecule has 0 atom stereocenters. The molecule has 0 saturated carbocycles. The Hall–Kier alpha value is -0.580. The van der Waals surface area contributed by atoms with Crippen molar-refractivity contribution in [1.82, 2.24) is 0 Å². The molecule has 0 bridgehead atoms. The molecule has 0 heterocycles. The van der Waals surface area contributed by atoms with Crippen molar-refractivity contribution in [2.45, 2.75) is 12.2 Å². The first-order valence-corrected chi connectivity index (χ1v) is 9.38. The molecule has 2 nitrogen and oxygen atoms in total. The van der Waals surface area contributed by atoms with Crippen molar-refractivity contribution in [1.29, 1.82) is 0 Å². The number of rotatable bonds is 6. The van der Waals surface area contributed by atoms with Crippen molar-refractivity contribution >= 4 is 69.8 Å². The summed E-state index contributed by atoms with van der Waals surface area (Å²) >= 11 is 25.3. The lowest BCUT2D eigenvalue weighted by atomic mass is 10.2. The van der Waals surface area contributed by atoms with Crippen LogP contribution in [0.3, 0.4) is 0 Å². The largest absolute Gasteiger partial charge is 0.326 e. The Morgan fingerprint density at radius 3 is 2.30 bits per heavy atom. The van der Waals surface area contributed by atoms with Crippen molar-refractivity contribution in [2.24, 2.45) is 0 Å². The SMILES string of the molecule is O=C(CCSCc1ccc(Cl)c(Cl)c1)Nc1cc(Cl)cc(Cl)c1. The van der Waals surface area contributed by atoms with Gasteiger partial charge in [0.25, 0.3) is 0 Å². The monoisotopic (exact) mass is 407 g/mol. The van der Waals surface area contributed by atoms with Crippen molar-refractivity contribution in [3.63, 3.8) is 0 Å². The second-order valence-electron chi connectivity index (χ2n) is 4.76. The van der Waals surface area contributed by atoms with E-state index in [0.29, 0.717) is 38.0 Å². The number of nitrogens with one attached hydrogen (secondary N) is 1. The van der Waals surface area contributed by atoms with Gasteiger partial charge in [0.15, 0.2) is 0 Å². The first-order chi connectivity index (χ1) is 10.9. The average molecular weight is 409 g/mol. The van der Waals surface area contributed by atoms with Gasteiger partial charge in [0, 0.05) is 33.7 Å². The summed E-state index contributed by atoms with van der Waals surface area (Å²) in [5, 5.41) is 4.84. The fourth-order valence-corrected chi connectivity index (χ4v) is 3.57. The number of thioether (sulfide) groups is 1. The number of carbonyl (C=O) groups excluding carboxylic acids is 1. The maximum atomic E-state index is 11.9. The summed E-state index contributed by atoms with van der Waals surface area (Å²) in [6.45, 7) is 0. The number of anilines is 1. The van der Waals surface area contributed by atoms with E-state index in [0.717, 1.165) is 11.3 Å². The summed E-state index contributed by atoms with van der Waals surface area (Å²) in [5.74, 6) is 1.39. The molecule has 7 heteroatoms. The van der Waals surface area contributed by atoms with Gasteiger partial charge < -0.3 is 5.32 Å². The van der Waals surface area contributed by atoms with Gasteiger partial charge in [0.2, 0.25) is 5.91 Å². The average Bonchev–Trinajstić information content (AvgIpc) is 2.46. The van der Waals surface area contributed by atoms with Crippen molar-refractivity contribution in [3.05, 3.63) is 62.1 Å². The fraction of sp³-hybridized carbons (Fsp3) is 0.188. The van der Waals surface area contributed by atoms with Crippen LogP contribution in [0.1, 0.15) is 12.0 Å². The van der Waals surface area contributed by atoms with Crippen molar-refractivity contribution in [2.75, 3.05) is 11.1 Å². The van der Waals surface area contributed by atoms with Gasteiger partial charge in [0.05, 0.1) is 10.0 Å². The van der Waals surface area contributed by atoms with Crippen LogP contribution in [0.2, 0.25) is 20.1 Å². The minimum absolute atomic E-state index is 0.0787. The molecule has 1 N–H and O–H groups in total. The van der Waals surface area contributed by atoms with E-state index in [4.69, 9.17) is 46.4 Å². The lowest BCUT2D eigenvalue weighted by molar-refractivity contribution is -0.115. The molecule has 0 aromatic heterocycles. The smallest absolute Gasteiger partial charge is 0.225 e. The summed E-state index contributed by atoms with van der Waals surface area (Å²) in [6.07, 6.45) is 0.399. The fourth-order valence-electron chi connectivity index (χ4n) is 1.83. The predicted octanol–water partition coefficient (Wildman–Crippen LogP) is 6.56. The lowest BCUT2D eigenvalue weighted by Crippen LogP contribution is -2.12. The van der Waals surface area contributed by atoms with E-state index in [1.54, 1.807) is 36.0 Å². The van der Waals surface area contributed by atoms with Crippen LogP contribution in [0.15, 0.2) is 36.4 Å². The van der Waals surface area contributed by atoms with Crippen LogP contribution >= 0.6 is 58.2 Å². The highest BCUT2D eigenvalue weighted by Crippen LogP contribution is 2.25. The van der Waals surface area contributed by atoms with E-state index in [2.05, 4.69) is 5.32 Å². The Labute approximate surface area is 159 Å². The van der Waals surface area contributed by atoms with Crippen LogP contribution in [-0.2, 0) is 10.5 Å². The molecule has 0 aliphatic carbocycles. The second kappa shape index (κ2) is 9.05. The van der Waals surface area contributed by atoms with Gasteiger partial charge in [-0.05, 0) is 35.9 Å². The molecule has 0 fully saturated rings. The quantitative estimate of drug-likeness (QED) is 0.548. The number of benzene rings is 2. The Bertz CT molecular complexity index is 688. The third kappa shape index (κ3) is 6.44. The van der Waals surface area contributed by atoms with E-state index in [9.17, 15) is 4.79 Å². The third-order valence-electron chi connectivity index (χ3n) is 2.87. The van der Waals surface area contributed by atoms with E-state index >= 15 is 0 Å². The molecule has 0 unspecified atom stereocenters. The van der Waals surface area contributed by atoms with E-state index in [1.807, 2.05) is 12.1 Å². The predicted molar refractivity (Wildman–Crippen MR) is 102 cm³/mol. The van der Waals surface area contributed by atoms with Crippen LogP contribution in [0.4, 0.5) is 5.69 Å². The minimum atomic E-state index is -0.0787. The standard InChI is InChI=1S/C16H13Cl4NOS/c17-11-6-12(18)8-13(7-11)21-16(22)3-4-23-9-10-1-2-14(19)15(20)5-10/h1-2,5-8H,3-4,9H2,(H,21,22). The molecule has 0 saturated heterocycles. The van der Waals surface area contributed by atoms with Gasteiger partial charge in [-0.2, -0.15) is 11.8 Å². The first-order valence-electron chi connectivity index (χ1n) is 6.71. The Balaban J connectivity index is 1.75. The van der Waals surface area contributed by atoms with Gasteiger partial charge in [-0.15, -0.1) is 0 Å². The van der Waals surface area contributed by atoms with Crippen LogP contribution < -0.4 is 5.32 Å². The Morgan fingerprint density at radius 2 is 1.65 bits per heavy atom. The topological polar surface area (TPSA) is 29.1 Å².